The Labute approximate surface area is 95.1 Å². The Morgan fingerprint density at radius 2 is 1.94 bits per heavy atom. The maximum atomic E-state index is 13.9. The number of aromatic amines is 2. The minimum Gasteiger partial charge on any atom is -0.306 e. The number of nitrogens with zero attached hydrogens (tertiary/aromatic N) is 1. The van der Waals surface area contributed by atoms with Gasteiger partial charge in [-0.2, -0.15) is 0 Å². The van der Waals surface area contributed by atoms with E-state index >= 15 is 0 Å². The van der Waals surface area contributed by atoms with E-state index in [4.69, 9.17) is 0 Å². The molecule has 0 fully saturated rings. The topological polar surface area (TPSA) is 61.5 Å². The number of aromatic nitrogens is 3. The summed E-state index contributed by atoms with van der Waals surface area (Å²) in [5, 5.41) is 0. The van der Waals surface area contributed by atoms with E-state index in [-0.39, 0.29) is 11.5 Å². The summed E-state index contributed by atoms with van der Waals surface area (Å²) in [6.45, 7) is 0. The Morgan fingerprint density at radius 1 is 1.18 bits per heavy atom. The van der Waals surface area contributed by atoms with Gasteiger partial charge in [-0.3, -0.25) is 4.98 Å². The van der Waals surface area contributed by atoms with E-state index in [0.717, 1.165) is 0 Å². The molecule has 1 aromatic carbocycles. The monoisotopic (exact) mass is 229 g/mol. The molecule has 2 heterocycles. The van der Waals surface area contributed by atoms with Crippen LogP contribution in [-0.2, 0) is 0 Å². The van der Waals surface area contributed by atoms with Gasteiger partial charge in [-0.05, 0) is 12.1 Å². The van der Waals surface area contributed by atoms with Gasteiger partial charge in [-0.1, -0.05) is 6.07 Å². The number of hydrogen-bond donors (Lipinski definition) is 2. The Hall–Kier alpha value is -2.43. The van der Waals surface area contributed by atoms with E-state index in [1.165, 1.54) is 6.07 Å². The molecule has 0 amide bonds. The maximum Gasteiger partial charge on any atom is 0.323 e. The molecular formula is C12H8FN3O. The number of H-pyrrole nitrogens is 2. The highest BCUT2D eigenvalue weighted by Crippen LogP contribution is 2.24. The van der Waals surface area contributed by atoms with E-state index in [1.807, 2.05) is 0 Å². The van der Waals surface area contributed by atoms with Crippen LogP contribution in [0.15, 0.2) is 41.5 Å². The average Bonchev–Trinajstić information content (AvgIpc) is 2.68. The number of benzene rings is 1. The van der Waals surface area contributed by atoms with Crippen LogP contribution in [0.4, 0.5) is 4.39 Å². The lowest BCUT2D eigenvalue weighted by molar-refractivity contribution is 0.633. The van der Waals surface area contributed by atoms with Crippen LogP contribution in [0.5, 0.6) is 0 Å². The van der Waals surface area contributed by atoms with Crippen LogP contribution in [0.25, 0.3) is 22.2 Å². The second-order valence-electron chi connectivity index (χ2n) is 3.70. The number of nitrogens with one attached hydrogen (secondary N) is 2. The zero-order valence-electron chi connectivity index (χ0n) is 8.70. The van der Waals surface area contributed by atoms with Crippen LogP contribution in [0, 0.1) is 5.82 Å². The molecule has 0 saturated carbocycles. The van der Waals surface area contributed by atoms with Gasteiger partial charge in [0.15, 0.2) is 0 Å². The molecule has 4 nitrogen and oxygen atoms in total. The van der Waals surface area contributed by atoms with Crippen LogP contribution in [-0.4, -0.2) is 15.0 Å². The molecule has 0 unspecified atom stereocenters. The first kappa shape index (κ1) is 9.77. The quantitative estimate of drug-likeness (QED) is 0.670. The third kappa shape index (κ3) is 1.61. The Kier molecular flexibility index (Phi) is 2.04. The number of rotatable bonds is 1. The number of halogens is 1. The molecule has 0 spiro atoms. The summed E-state index contributed by atoms with van der Waals surface area (Å²) in [6, 6.07) is 6.40. The smallest absolute Gasteiger partial charge is 0.306 e. The van der Waals surface area contributed by atoms with Crippen molar-refractivity contribution in [1.29, 1.82) is 0 Å². The van der Waals surface area contributed by atoms with Gasteiger partial charge in [0.2, 0.25) is 0 Å². The first-order chi connectivity index (χ1) is 8.24. The highest BCUT2D eigenvalue weighted by atomic mass is 19.1. The molecule has 0 saturated heterocycles. The number of imidazole rings is 1. The third-order valence-corrected chi connectivity index (χ3v) is 2.58. The fourth-order valence-corrected chi connectivity index (χ4v) is 1.80. The molecule has 17 heavy (non-hydrogen) atoms. The normalized spacial score (nSPS) is 10.9. The van der Waals surface area contributed by atoms with E-state index in [2.05, 4.69) is 15.0 Å². The van der Waals surface area contributed by atoms with Crippen molar-refractivity contribution < 1.29 is 4.39 Å². The molecule has 2 N–H and O–H groups in total. The summed E-state index contributed by atoms with van der Waals surface area (Å²) in [7, 11) is 0. The Morgan fingerprint density at radius 3 is 2.65 bits per heavy atom. The predicted molar refractivity (Wildman–Crippen MR) is 62.1 cm³/mol. The molecule has 84 valence electrons. The summed E-state index contributed by atoms with van der Waals surface area (Å²) in [5.41, 5.74) is 1.79. The van der Waals surface area contributed by atoms with Crippen LogP contribution in [0.3, 0.4) is 0 Å². The van der Waals surface area contributed by atoms with Crippen molar-refractivity contribution in [2.75, 3.05) is 0 Å². The zero-order chi connectivity index (χ0) is 11.8. The van der Waals surface area contributed by atoms with E-state index in [0.29, 0.717) is 22.2 Å². The van der Waals surface area contributed by atoms with Crippen molar-refractivity contribution in [3.63, 3.8) is 0 Å². The van der Waals surface area contributed by atoms with Crippen molar-refractivity contribution in [1.82, 2.24) is 15.0 Å². The Balaban J connectivity index is 2.30. The lowest BCUT2D eigenvalue weighted by atomic mass is 10.1. The number of hydrogen-bond acceptors (Lipinski definition) is 2. The van der Waals surface area contributed by atoms with Crippen LogP contribution >= 0.6 is 0 Å². The van der Waals surface area contributed by atoms with E-state index in [1.54, 1.807) is 30.6 Å². The molecule has 2 aromatic heterocycles. The van der Waals surface area contributed by atoms with Crippen molar-refractivity contribution >= 4 is 11.0 Å². The molecule has 0 atom stereocenters. The van der Waals surface area contributed by atoms with Crippen molar-refractivity contribution in [3.8, 4) is 11.1 Å². The second-order valence-corrected chi connectivity index (χ2v) is 3.70. The summed E-state index contributed by atoms with van der Waals surface area (Å²) >= 11 is 0. The molecule has 0 aliphatic heterocycles. The fraction of sp³-hybridized carbons (Fsp3) is 0. The fourth-order valence-electron chi connectivity index (χ4n) is 1.80. The average molecular weight is 229 g/mol. The molecule has 3 rings (SSSR count). The van der Waals surface area contributed by atoms with Gasteiger partial charge in [0.05, 0.1) is 11.0 Å². The summed E-state index contributed by atoms with van der Waals surface area (Å²) in [4.78, 5) is 20.2. The zero-order valence-corrected chi connectivity index (χ0v) is 8.70. The highest BCUT2D eigenvalue weighted by Gasteiger charge is 2.08. The SMILES string of the molecule is O=c1[nH]c2cc(F)c(-c3cccnc3)cc2[nH]1. The van der Waals surface area contributed by atoms with E-state index < -0.39 is 0 Å². The van der Waals surface area contributed by atoms with Gasteiger partial charge < -0.3 is 9.97 Å². The molecule has 0 aliphatic carbocycles. The van der Waals surface area contributed by atoms with Crippen LogP contribution < -0.4 is 5.69 Å². The largest absolute Gasteiger partial charge is 0.323 e. The summed E-state index contributed by atoms with van der Waals surface area (Å²) in [5.74, 6) is -0.388. The summed E-state index contributed by atoms with van der Waals surface area (Å²) in [6.07, 6.45) is 3.20. The van der Waals surface area contributed by atoms with Crippen molar-refractivity contribution in [3.05, 3.63) is 53.0 Å². The van der Waals surface area contributed by atoms with Gasteiger partial charge in [-0.25, -0.2) is 9.18 Å². The Bertz CT molecular complexity index is 730. The third-order valence-electron chi connectivity index (χ3n) is 2.58. The van der Waals surface area contributed by atoms with E-state index in [9.17, 15) is 9.18 Å². The second kappa shape index (κ2) is 3.55. The summed E-state index contributed by atoms with van der Waals surface area (Å²) < 4.78 is 13.9. The van der Waals surface area contributed by atoms with Crippen molar-refractivity contribution in [2.45, 2.75) is 0 Å². The molecule has 0 aliphatic rings. The predicted octanol–water partition coefficient (Wildman–Crippen LogP) is 2.06. The van der Waals surface area contributed by atoms with Gasteiger partial charge in [0, 0.05) is 29.6 Å². The minimum atomic E-state index is -0.388. The molecular weight excluding hydrogens is 221 g/mol. The first-order valence-electron chi connectivity index (χ1n) is 5.06. The van der Waals surface area contributed by atoms with Crippen LogP contribution in [0.2, 0.25) is 0 Å². The lowest BCUT2D eigenvalue weighted by Gasteiger charge is -2.02. The minimum absolute atomic E-state index is 0.345. The molecule has 5 heteroatoms. The molecule has 0 bridgehead atoms. The number of pyridine rings is 1. The first-order valence-corrected chi connectivity index (χ1v) is 5.06. The van der Waals surface area contributed by atoms with Crippen molar-refractivity contribution in [2.24, 2.45) is 0 Å². The van der Waals surface area contributed by atoms with Gasteiger partial charge in [-0.15, -0.1) is 0 Å². The molecule has 0 radical (unpaired) electrons. The highest BCUT2D eigenvalue weighted by molar-refractivity contribution is 5.81. The van der Waals surface area contributed by atoms with Crippen LogP contribution in [0.1, 0.15) is 0 Å². The van der Waals surface area contributed by atoms with Gasteiger partial charge >= 0.3 is 5.69 Å². The molecule has 3 aromatic rings. The van der Waals surface area contributed by atoms with Gasteiger partial charge in [0.1, 0.15) is 5.82 Å². The lowest BCUT2D eigenvalue weighted by Crippen LogP contribution is -1.99. The van der Waals surface area contributed by atoms with Gasteiger partial charge in [0.25, 0.3) is 0 Å². The maximum absolute atomic E-state index is 13.9. The number of fused-ring (bicyclic) bond motifs is 1. The standard InChI is InChI=1S/C12H8FN3O/c13-9-5-11-10(15-12(17)16-11)4-8(9)7-2-1-3-14-6-7/h1-6H,(H2,15,16,17).